The minimum Gasteiger partial charge on any atom is -0.508 e. The average Bonchev–Trinajstić information content (AvgIpc) is 2.50. The van der Waals surface area contributed by atoms with Crippen LogP contribution in [0.2, 0.25) is 0 Å². The van der Waals surface area contributed by atoms with Gasteiger partial charge in [0.15, 0.2) is 11.6 Å². The first-order chi connectivity index (χ1) is 10.1. The van der Waals surface area contributed by atoms with Crippen molar-refractivity contribution in [2.24, 2.45) is 0 Å². The Morgan fingerprint density at radius 3 is 1.76 bits per heavy atom. The highest BCUT2D eigenvalue weighted by molar-refractivity contribution is 5.71. The molecule has 0 bridgehead atoms. The molecule has 0 radical (unpaired) electrons. The lowest BCUT2D eigenvalue weighted by molar-refractivity contribution is 0.432. The molecule has 2 N–H and O–H groups in total. The Balaban J connectivity index is 1.95. The van der Waals surface area contributed by atoms with Crippen LogP contribution in [0.5, 0.6) is 11.5 Å². The molecule has 0 unspecified atom stereocenters. The second-order valence-electron chi connectivity index (χ2n) is 4.79. The van der Waals surface area contributed by atoms with Crippen LogP contribution in [-0.2, 0) is 0 Å². The van der Waals surface area contributed by atoms with Crippen LogP contribution < -0.4 is 0 Å². The zero-order valence-electron chi connectivity index (χ0n) is 11.1. The number of phenolic OH excluding ortho intramolecular Hbond substituents is 2. The van der Waals surface area contributed by atoms with Crippen molar-refractivity contribution in [3.63, 3.8) is 0 Å². The Morgan fingerprint density at radius 2 is 1.19 bits per heavy atom. The lowest BCUT2D eigenvalue weighted by Gasteiger charge is -2.06. The van der Waals surface area contributed by atoms with Gasteiger partial charge in [-0.3, -0.25) is 0 Å². The predicted molar refractivity (Wildman–Crippen MR) is 80.6 cm³/mol. The second-order valence-corrected chi connectivity index (χ2v) is 4.79. The number of hydrogen-bond acceptors (Lipinski definition) is 2. The van der Waals surface area contributed by atoms with E-state index in [0.29, 0.717) is 5.56 Å². The number of halogens is 1. The molecule has 0 aliphatic carbocycles. The monoisotopic (exact) mass is 280 g/mol. The van der Waals surface area contributed by atoms with Crippen molar-refractivity contribution in [3.8, 4) is 33.8 Å². The zero-order valence-corrected chi connectivity index (χ0v) is 11.1. The Hall–Kier alpha value is -2.81. The maximum atomic E-state index is 13.4. The number of phenols is 2. The largest absolute Gasteiger partial charge is 0.508 e. The fraction of sp³-hybridized carbons (Fsp3) is 0. The molecule has 3 heteroatoms. The van der Waals surface area contributed by atoms with Crippen LogP contribution in [0, 0.1) is 5.82 Å². The highest BCUT2D eigenvalue weighted by atomic mass is 19.1. The maximum absolute atomic E-state index is 13.4. The molecule has 0 atom stereocenters. The standard InChI is InChI=1S/C18H13FO2/c19-17-11-15(8-9-18(17)21)13-6-4-12(5-7-13)14-2-1-3-16(20)10-14/h1-11,20-21H. The summed E-state index contributed by atoms with van der Waals surface area (Å²) in [5.74, 6) is -0.767. The van der Waals surface area contributed by atoms with E-state index in [0.717, 1.165) is 16.7 Å². The van der Waals surface area contributed by atoms with E-state index < -0.39 is 5.82 Å². The first-order valence-corrected chi connectivity index (χ1v) is 6.52. The van der Waals surface area contributed by atoms with Crippen molar-refractivity contribution in [1.29, 1.82) is 0 Å². The highest BCUT2D eigenvalue weighted by Gasteiger charge is 2.05. The number of rotatable bonds is 2. The molecule has 2 nitrogen and oxygen atoms in total. The molecule has 0 fully saturated rings. The fourth-order valence-electron chi connectivity index (χ4n) is 2.23. The van der Waals surface area contributed by atoms with Gasteiger partial charge in [-0.25, -0.2) is 4.39 Å². The van der Waals surface area contributed by atoms with Crippen molar-refractivity contribution in [1.82, 2.24) is 0 Å². The minimum atomic E-state index is -0.635. The van der Waals surface area contributed by atoms with E-state index in [1.165, 1.54) is 12.1 Å². The third-order valence-corrected chi connectivity index (χ3v) is 3.35. The van der Waals surface area contributed by atoms with Gasteiger partial charge in [-0.2, -0.15) is 0 Å². The fourth-order valence-corrected chi connectivity index (χ4v) is 2.23. The van der Waals surface area contributed by atoms with Crippen LogP contribution in [0.4, 0.5) is 4.39 Å². The number of benzene rings is 3. The molecule has 104 valence electrons. The molecule has 0 saturated carbocycles. The number of aromatic hydroxyl groups is 2. The molecule has 0 saturated heterocycles. The summed E-state index contributed by atoms with van der Waals surface area (Å²) in [5, 5.41) is 18.7. The lowest BCUT2D eigenvalue weighted by atomic mass is 10.00. The topological polar surface area (TPSA) is 40.5 Å². The van der Waals surface area contributed by atoms with E-state index in [9.17, 15) is 14.6 Å². The molecule has 3 rings (SSSR count). The van der Waals surface area contributed by atoms with Crippen molar-refractivity contribution < 1.29 is 14.6 Å². The maximum Gasteiger partial charge on any atom is 0.165 e. The van der Waals surface area contributed by atoms with E-state index >= 15 is 0 Å². The summed E-state index contributed by atoms with van der Waals surface area (Å²) in [6, 6.07) is 18.9. The van der Waals surface area contributed by atoms with E-state index in [-0.39, 0.29) is 11.5 Å². The van der Waals surface area contributed by atoms with Gasteiger partial charge < -0.3 is 10.2 Å². The van der Waals surface area contributed by atoms with Crippen LogP contribution in [-0.4, -0.2) is 10.2 Å². The highest BCUT2D eigenvalue weighted by Crippen LogP contribution is 2.28. The van der Waals surface area contributed by atoms with Gasteiger partial charge in [-0.05, 0) is 46.5 Å². The summed E-state index contributed by atoms with van der Waals surface area (Å²) >= 11 is 0. The third-order valence-electron chi connectivity index (χ3n) is 3.35. The first kappa shape index (κ1) is 13.2. The molecule has 21 heavy (non-hydrogen) atoms. The van der Waals surface area contributed by atoms with Crippen LogP contribution >= 0.6 is 0 Å². The van der Waals surface area contributed by atoms with Gasteiger partial charge in [-0.1, -0.05) is 42.5 Å². The number of hydrogen-bond donors (Lipinski definition) is 2. The minimum absolute atomic E-state index is 0.220. The Bertz CT molecular complexity index is 779. The van der Waals surface area contributed by atoms with Gasteiger partial charge in [-0.15, -0.1) is 0 Å². The van der Waals surface area contributed by atoms with Crippen molar-refractivity contribution in [2.75, 3.05) is 0 Å². The molecule has 0 aliphatic heterocycles. The van der Waals surface area contributed by atoms with Crippen LogP contribution in [0.25, 0.3) is 22.3 Å². The van der Waals surface area contributed by atoms with Gasteiger partial charge >= 0.3 is 0 Å². The molecular formula is C18H13FO2. The molecular weight excluding hydrogens is 267 g/mol. The second kappa shape index (κ2) is 5.29. The molecule has 0 amide bonds. The van der Waals surface area contributed by atoms with E-state index in [1.807, 2.05) is 30.3 Å². The van der Waals surface area contributed by atoms with Crippen molar-refractivity contribution in [3.05, 3.63) is 72.5 Å². The lowest BCUT2D eigenvalue weighted by Crippen LogP contribution is -1.82. The summed E-state index contributed by atoms with van der Waals surface area (Å²) < 4.78 is 13.4. The Labute approximate surface area is 121 Å². The van der Waals surface area contributed by atoms with Crippen molar-refractivity contribution in [2.45, 2.75) is 0 Å². The third kappa shape index (κ3) is 2.72. The van der Waals surface area contributed by atoms with E-state index in [1.54, 1.807) is 24.3 Å². The van der Waals surface area contributed by atoms with Gasteiger partial charge in [0.1, 0.15) is 5.75 Å². The first-order valence-electron chi connectivity index (χ1n) is 6.52. The van der Waals surface area contributed by atoms with Crippen LogP contribution in [0.1, 0.15) is 0 Å². The van der Waals surface area contributed by atoms with E-state index in [2.05, 4.69) is 0 Å². The molecule has 0 heterocycles. The summed E-state index contributed by atoms with van der Waals surface area (Å²) in [6.45, 7) is 0. The molecule has 0 aromatic heterocycles. The molecule has 0 spiro atoms. The quantitative estimate of drug-likeness (QED) is 0.721. The Kier molecular flexibility index (Phi) is 3.32. The van der Waals surface area contributed by atoms with Crippen LogP contribution in [0.15, 0.2) is 66.7 Å². The van der Waals surface area contributed by atoms with E-state index in [4.69, 9.17) is 0 Å². The zero-order chi connectivity index (χ0) is 14.8. The summed E-state index contributed by atoms with van der Waals surface area (Å²) in [4.78, 5) is 0. The smallest absolute Gasteiger partial charge is 0.165 e. The molecule has 0 aliphatic rings. The SMILES string of the molecule is Oc1cccc(-c2ccc(-c3ccc(O)c(F)c3)cc2)c1. The predicted octanol–water partition coefficient (Wildman–Crippen LogP) is 4.57. The van der Waals surface area contributed by atoms with Gasteiger partial charge in [0.05, 0.1) is 0 Å². The molecule has 3 aromatic carbocycles. The summed E-state index contributed by atoms with van der Waals surface area (Å²) in [5.41, 5.74) is 3.44. The summed E-state index contributed by atoms with van der Waals surface area (Å²) in [7, 11) is 0. The summed E-state index contributed by atoms with van der Waals surface area (Å²) in [6.07, 6.45) is 0. The van der Waals surface area contributed by atoms with Crippen LogP contribution in [0.3, 0.4) is 0 Å². The van der Waals surface area contributed by atoms with Crippen molar-refractivity contribution >= 4 is 0 Å². The average molecular weight is 280 g/mol. The van der Waals surface area contributed by atoms with Gasteiger partial charge in [0.25, 0.3) is 0 Å². The Morgan fingerprint density at radius 1 is 0.619 bits per heavy atom. The van der Waals surface area contributed by atoms with Gasteiger partial charge in [0.2, 0.25) is 0 Å². The molecule has 3 aromatic rings. The van der Waals surface area contributed by atoms with Gasteiger partial charge in [0, 0.05) is 0 Å². The normalized spacial score (nSPS) is 10.5.